The van der Waals surface area contributed by atoms with Gasteiger partial charge < -0.3 is 19.5 Å². The number of likely N-dealkylation sites (tertiary alicyclic amines) is 1. The molecule has 2 aliphatic carbocycles. The Morgan fingerprint density at radius 1 is 1.21 bits per heavy atom. The molecule has 1 spiro atoms. The predicted octanol–water partition coefficient (Wildman–Crippen LogP) is 5.43. The molecule has 7 nitrogen and oxygen atoms in total. The number of pyridine rings is 1. The van der Waals surface area contributed by atoms with E-state index >= 15 is 0 Å². The van der Waals surface area contributed by atoms with Crippen LogP contribution in [-0.4, -0.2) is 51.9 Å². The minimum Gasteiger partial charge on any atom is -0.490 e. The van der Waals surface area contributed by atoms with Crippen LogP contribution >= 0.6 is 11.6 Å². The van der Waals surface area contributed by atoms with Crippen molar-refractivity contribution < 1.29 is 9.13 Å². The molecule has 3 aliphatic rings. The first-order valence-electron chi connectivity index (χ1n) is 13.5. The predicted molar refractivity (Wildman–Crippen MR) is 148 cm³/mol. The van der Waals surface area contributed by atoms with Crippen LogP contribution in [0.1, 0.15) is 43.7 Å². The van der Waals surface area contributed by atoms with E-state index in [1.807, 2.05) is 18.2 Å². The lowest BCUT2D eigenvalue weighted by Gasteiger charge is -2.58. The van der Waals surface area contributed by atoms with Crippen molar-refractivity contribution in [2.45, 2.75) is 44.1 Å². The second-order valence-corrected chi connectivity index (χ2v) is 11.9. The number of ether oxygens (including phenoxy) is 1. The minimum atomic E-state index is -0.243. The zero-order valence-electron chi connectivity index (χ0n) is 21.4. The van der Waals surface area contributed by atoms with Crippen LogP contribution in [0.3, 0.4) is 0 Å². The molecule has 2 aromatic carbocycles. The van der Waals surface area contributed by atoms with Gasteiger partial charge in [-0.3, -0.25) is 9.89 Å². The van der Waals surface area contributed by atoms with E-state index in [1.165, 1.54) is 23.8 Å². The number of nitrogens with one attached hydrogen (secondary N) is 2. The molecule has 1 saturated heterocycles. The van der Waals surface area contributed by atoms with E-state index in [0.29, 0.717) is 34.0 Å². The van der Waals surface area contributed by atoms with Gasteiger partial charge in [0.15, 0.2) is 0 Å². The van der Waals surface area contributed by atoms with Crippen molar-refractivity contribution in [3.05, 3.63) is 63.4 Å². The Morgan fingerprint density at radius 2 is 2.03 bits per heavy atom. The van der Waals surface area contributed by atoms with E-state index in [9.17, 15) is 9.18 Å². The molecule has 9 heteroatoms. The quantitative estimate of drug-likeness (QED) is 0.330. The van der Waals surface area contributed by atoms with Crippen LogP contribution in [0, 0.1) is 11.2 Å². The maximum absolute atomic E-state index is 14.7. The molecule has 3 heterocycles. The third kappa shape index (κ3) is 3.96. The summed E-state index contributed by atoms with van der Waals surface area (Å²) in [5.74, 6) is 0.979. The Bertz CT molecular complexity index is 1600. The summed E-state index contributed by atoms with van der Waals surface area (Å²) in [6, 6.07) is 8.98. The monoisotopic (exact) mass is 535 g/mol. The van der Waals surface area contributed by atoms with Crippen LogP contribution in [0.15, 0.2) is 41.3 Å². The Hall–Kier alpha value is -3.10. The molecule has 3 fully saturated rings. The van der Waals surface area contributed by atoms with Crippen LogP contribution in [-0.2, 0) is 7.05 Å². The van der Waals surface area contributed by atoms with Gasteiger partial charge in [0, 0.05) is 67.6 Å². The number of rotatable bonds is 7. The summed E-state index contributed by atoms with van der Waals surface area (Å²) >= 11 is 6.32. The molecule has 0 atom stereocenters. The highest BCUT2D eigenvalue weighted by Crippen LogP contribution is 2.50. The molecule has 38 heavy (non-hydrogen) atoms. The third-order valence-corrected chi connectivity index (χ3v) is 9.12. The van der Waals surface area contributed by atoms with Crippen LogP contribution in [0.5, 0.6) is 5.75 Å². The van der Waals surface area contributed by atoms with Crippen molar-refractivity contribution in [2.75, 3.05) is 31.5 Å². The molecule has 198 valence electrons. The fourth-order valence-corrected chi connectivity index (χ4v) is 6.76. The number of hydrogen-bond acceptors (Lipinski definition) is 5. The van der Waals surface area contributed by atoms with E-state index in [-0.39, 0.29) is 17.5 Å². The number of hydrogen-bond donors (Lipinski definition) is 2. The second kappa shape index (κ2) is 8.99. The van der Waals surface area contributed by atoms with Gasteiger partial charge >= 0.3 is 0 Å². The van der Waals surface area contributed by atoms with E-state index < -0.39 is 0 Å². The lowest BCUT2D eigenvalue weighted by Crippen LogP contribution is -2.65. The maximum atomic E-state index is 14.7. The molecule has 0 amide bonds. The van der Waals surface area contributed by atoms with Gasteiger partial charge in [-0.2, -0.15) is 5.10 Å². The summed E-state index contributed by atoms with van der Waals surface area (Å²) in [4.78, 5) is 15.0. The molecule has 2 N–H and O–H groups in total. The summed E-state index contributed by atoms with van der Waals surface area (Å²) in [6.45, 7) is 3.63. The average molecular weight is 536 g/mol. The second-order valence-electron chi connectivity index (χ2n) is 11.5. The number of aromatic amines is 1. The van der Waals surface area contributed by atoms with E-state index in [4.69, 9.17) is 16.3 Å². The highest BCUT2D eigenvalue weighted by Gasteiger charge is 2.53. The Morgan fingerprint density at radius 3 is 2.79 bits per heavy atom. The lowest BCUT2D eigenvalue weighted by atomic mass is 9.62. The molecule has 2 saturated carbocycles. The van der Waals surface area contributed by atoms with Crippen molar-refractivity contribution in [2.24, 2.45) is 12.5 Å². The standard InChI is InChI=1S/C29H31ClFN5O2/c1-35-9-7-19-25(6-5-21(30)26(19)28(35)37)38-18-13-29(14-18)15-36(16-29)10-8-32-24-11-20-23(12-22(24)31)33-34-27(20)17-3-2-4-17/h5-7,9,11-12,17-18,32H,2-4,8,10,13-16H2,1H3,(H,33,34). The molecular weight excluding hydrogens is 505 g/mol. The van der Waals surface area contributed by atoms with Crippen molar-refractivity contribution in [1.29, 1.82) is 0 Å². The molecule has 0 bridgehead atoms. The van der Waals surface area contributed by atoms with Gasteiger partial charge in [0.2, 0.25) is 0 Å². The largest absolute Gasteiger partial charge is 0.490 e. The molecule has 7 rings (SSSR count). The zero-order chi connectivity index (χ0) is 26.0. The fourth-order valence-electron chi connectivity index (χ4n) is 6.51. The number of benzene rings is 2. The van der Waals surface area contributed by atoms with Crippen molar-refractivity contribution >= 4 is 39.0 Å². The van der Waals surface area contributed by atoms with Gasteiger partial charge in [0.05, 0.1) is 33.4 Å². The van der Waals surface area contributed by atoms with Crippen LogP contribution in [0.25, 0.3) is 21.7 Å². The summed E-state index contributed by atoms with van der Waals surface area (Å²) < 4.78 is 22.5. The van der Waals surface area contributed by atoms with Crippen molar-refractivity contribution in [1.82, 2.24) is 19.7 Å². The Kier molecular flexibility index (Phi) is 5.67. The van der Waals surface area contributed by atoms with Gasteiger partial charge in [0.1, 0.15) is 11.6 Å². The Labute approximate surface area is 224 Å². The van der Waals surface area contributed by atoms with E-state index in [1.54, 1.807) is 25.4 Å². The molecule has 0 unspecified atom stereocenters. The number of anilines is 1. The Balaban J connectivity index is 0.923. The van der Waals surface area contributed by atoms with Crippen LogP contribution < -0.4 is 15.6 Å². The van der Waals surface area contributed by atoms with Gasteiger partial charge in [-0.05, 0) is 49.9 Å². The number of halogens is 2. The van der Waals surface area contributed by atoms with E-state index in [2.05, 4.69) is 20.4 Å². The van der Waals surface area contributed by atoms with Gasteiger partial charge in [-0.15, -0.1) is 0 Å². The summed E-state index contributed by atoms with van der Waals surface area (Å²) in [6.07, 6.45) is 7.47. The normalized spacial score (nSPS) is 19.4. The zero-order valence-corrected chi connectivity index (χ0v) is 22.2. The number of nitrogens with zero attached hydrogens (tertiary/aromatic N) is 3. The number of H-pyrrole nitrogens is 1. The third-order valence-electron chi connectivity index (χ3n) is 8.80. The average Bonchev–Trinajstić information content (AvgIpc) is 3.20. The minimum absolute atomic E-state index is 0.116. The summed E-state index contributed by atoms with van der Waals surface area (Å²) in [5, 5.41) is 13.5. The molecule has 2 aromatic heterocycles. The smallest absolute Gasteiger partial charge is 0.259 e. The summed E-state index contributed by atoms with van der Waals surface area (Å²) in [7, 11) is 1.72. The van der Waals surface area contributed by atoms with Crippen LogP contribution in [0.4, 0.5) is 10.1 Å². The molecule has 0 radical (unpaired) electrons. The first-order chi connectivity index (χ1) is 18.4. The van der Waals surface area contributed by atoms with Gasteiger partial charge in [0.25, 0.3) is 5.56 Å². The molecule has 1 aliphatic heterocycles. The van der Waals surface area contributed by atoms with Gasteiger partial charge in [-0.25, -0.2) is 4.39 Å². The van der Waals surface area contributed by atoms with Crippen LogP contribution in [0.2, 0.25) is 5.02 Å². The lowest BCUT2D eigenvalue weighted by molar-refractivity contribution is -0.117. The SMILES string of the molecule is Cn1ccc2c(OC3CC4(C3)CN(CCNc3cc5c(C6CCC6)n[nH]c5cc3F)C4)ccc(Cl)c2c1=O. The number of fused-ring (bicyclic) bond motifs is 2. The number of aromatic nitrogens is 3. The van der Waals surface area contributed by atoms with Crippen molar-refractivity contribution in [3.8, 4) is 5.75 Å². The number of aryl methyl sites for hydroxylation is 1. The van der Waals surface area contributed by atoms with Crippen molar-refractivity contribution in [3.63, 3.8) is 0 Å². The molecule has 4 aromatic rings. The molecular formula is C29H31ClFN5O2. The maximum Gasteiger partial charge on any atom is 0.259 e. The summed E-state index contributed by atoms with van der Waals surface area (Å²) in [5.41, 5.74) is 2.60. The van der Waals surface area contributed by atoms with E-state index in [0.717, 1.165) is 60.2 Å². The topological polar surface area (TPSA) is 75.2 Å². The highest BCUT2D eigenvalue weighted by molar-refractivity contribution is 6.35. The highest BCUT2D eigenvalue weighted by atomic mass is 35.5. The first kappa shape index (κ1) is 24.0. The fraction of sp³-hybridized carbons (Fsp3) is 0.448. The first-order valence-corrected chi connectivity index (χ1v) is 13.9. The van der Waals surface area contributed by atoms with Gasteiger partial charge in [-0.1, -0.05) is 18.0 Å².